The van der Waals surface area contributed by atoms with E-state index in [1.807, 2.05) is 31.2 Å². The second-order valence-electron chi connectivity index (χ2n) is 5.90. The molecule has 0 saturated carbocycles. The Morgan fingerprint density at radius 3 is 2.37 bits per heavy atom. The molecule has 0 spiro atoms. The Morgan fingerprint density at radius 1 is 1.07 bits per heavy atom. The largest absolute Gasteiger partial charge is 0.484 e. The fourth-order valence-electron chi connectivity index (χ4n) is 2.33. The van der Waals surface area contributed by atoms with Crippen molar-refractivity contribution in [1.29, 1.82) is 0 Å². The van der Waals surface area contributed by atoms with Gasteiger partial charge in [-0.25, -0.2) is 9.38 Å². The van der Waals surface area contributed by atoms with Crippen LogP contribution in [0.15, 0.2) is 53.5 Å². The Balaban J connectivity index is 1.81. The van der Waals surface area contributed by atoms with Gasteiger partial charge in [-0.05, 0) is 48.7 Å². The van der Waals surface area contributed by atoms with E-state index in [1.165, 1.54) is 12.1 Å². The van der Waals surface area contributed by atoms with Crippen LogP contribution in [0.1, 0.15) is 18.1 Å². The van der Waals surface area contributed by atoms with Gasteiger partial charge in [0, 0.05) is 13.1 Å². The number of rotatable bonds is 9. The normalized spacial score (nSPS) is 11.1. The van der Waals surface area contributed by atoms with Crippen molar-refractivity contribution in [1.82, 2.24) is 10.6 Å². The number of nitrogens with zero attached hydrogens (tertiary/aromatic N) is 1. The highest BCUT2D eigenvalue weighted by molar-refractivity contribution is 5.79. The summed E-state index contributed by atoms with van der Waals surface area (Å²) in [5.74, 6) is 0.570. The third kappa shape index (κ3) is 7.77. The van der Waals surface area contributed by atoms with Crippen LogP contribution in [-0.4, -0.2) is 31.6 Å². The summed E-state index contributed by atoms with van der Waals surface area (Å²) in [6.45, 7) is 3.80. The number of amides is 1. The lowest BCUT2D eigenvalue weighted by Crippen LogP contribution is -2.38. The van der Waals surface area contributed by atoms with E-state index in [4.69, 9.17) is 10.5 Å². The molecule has 0 bridgehead atoms. The molecule has 0 unspecified atom stereocenters. The highest BCUT2D eigenvalue weighted by Gasteiger charge is 2.01. The molecule has 2 aromatic carbocycles. The summed E-state index contributed by atoms with van der Waals surface area (Å²) < 4.78 is 18.2. The molecule has 0 heterocycles. The Bertz CT molecular complexity index is 746. The summed E-state index contributed by atoms with van der Waals surface area (Å²) >= 11 is 0. The molecule has 2 rings (SSSR count). The molecular formula is C20H25FN4O2. The SMILES string of the molecule is CCNC(=NCc1ccc(F)cc1)NCCc1ccc(OCC(N)=O)cc1. The third-order valence-corrected chi connectivity index (χ3v) is 3.69. The molecule has 7 heteroatoms. The van der Waals surface area contributed by atoms with Crippen LogP contribution in [0.5, 0.6) is 5.75 Å². The van der Waals surface area contributed by atoms with Gasteiger partial charge in [-0.2, -0.15) is 0 Å². The van der Waals surface area contributed by atoms with Crippen molar-refractivity contribution in [3.8, 4) is 5.75 Å². The average molecular weight is 372 g/mol. The van der Waals surface area contributed by atoms with Gasteiger partial charge in [0.25, 0.3) is 5.91 Å². The van der Waals surface area contributed by atoms with E-state index < -0.39 is 5.91 Å². The fraction of sp³-hybridized carbons (Fsp3) is 0.300. The van der Waals surface area contributed by atoms with Crippen molar-refractivity contribution in [2.75, 3.05) is 19.7 Å². The van der Waals surface area contributed by atoms with Gasteiger partial charge in [0.1, 0.15) is 11.6 Å². The van der Waals surface area contributed by atoms with E-state index in [2.05, 4.69) is 15.6 Å². The standard InChI is InChI=1S/C20H25FN4O2/c1-2-23-20(25-13-16-3-7-17(21)8-4-16)24-12-11-15-5-9-18(10-6-15)27-14-19(22)26/h3-10H,2,11-14H2,1H3,(H2,22,26)(H2,23,24,25). The van der Waals surface area contributed by atoms with E-state index in [-0.39, 0.29) is 12.4 Å². The van der Waals surface area contributed by atoms with Crippen molar-refractivity contribution in [2.45, 2.75) is 19.9 Å². The van der Waals surface area contributed by atoms with E-state index in [0.29, 0.717) is 24.8 Å². The highest BCUT2D eigenvalue weighted by Crippen LogP contribution is 2.12. The number of nitrogens with two attached hydrogens (primary N) is 1. The zero-order valence-electron chi connectivity index (χ0n) is 15.4. The lowest BCUT2D eigenvalue weighted by molar-refractivity contribution is -0.119. The molecule has 2 aromatic rings. The first-order valence-electron chi connectivity index (χ1n) is 8.83. The van der Waals surface area contributed by atoms with Crippen LogP contribution >= 0.6 is 0 Å². The van der Waals surface area contributed by atoms with Crippen molar-refractivity contribution in [3.05, 3.63) is 65.5 Å². The molecule has 0 aromatic heterocycles. The molecule has 144 valence electrons. The van der Waals surface area contributed by atoms with Gasteiger partial charge < -0.3 is 21.1 Å². The van der Waals surface area contributed by atoms with Gasteiger partial charge in [-0.1, -0.05) is 24.3 Å². The molecule has 0 radical (unpaired) electrons. The quantitative estimate of drug-likeness (QED) is 0.464. The zero-order valence-corrected chi connectivity index (χ0v) is 15.4. The second-order valence-corrected chi connectivity index (χ2v) is 5.90. The van der Waals surface area contributed by atoms with Crippen molar-refractivity contribution in [2.24, 2.45) is 10.7 Å². The summed E-state index contributed by atoms with van der Waals surface area (Å²) in [5.41, 5.74) is 7.12. The van der Waals surface area contributed by atoms with Crippen LogP contribution in [0.25, 0.3) is 0 Å². The first kappa shape index (κ1) is 20.2. The van der Waals surface area contributed by atoms with Gasteiger partial charge >= 0.3 is 0 Å². The number of hydrogen-bond donors (Lipinski definition) is 3. The molecule has 4 N–H and O–H groups in total. The lowest BCUT2D eigenvalue weighted by Gasteiger charge is -2.11. The maximum Gasteiger partial charge on any atom is 0.255 e. The molecule has 1 amide bonds. The fourth-order valence-corrected chi connectivity index (χ4v) is 2.33. The summed E-state index contributed by atoms with van der Waals surface area (Å²) in [7, 11) is 0. The number of ether oxygens (including phenoxy) is 1. The molecule has 0 aliphatic rings. The number of nitrogens with one attached hydrogen (secondary N) is 2. The molecule has 0 fully saturated rings. The Morgan fingerprint density at radius 2 is 1.74 bits per heavy atom. The average Bonchev–Trinajstić information content (AvgIpc) is 2.66. The number of benzene rings is 2. The topological polar surface area (TPSA) is 88.7 Å². The Kier molecular flexibility index (Phi) is 8.09. The minimum Gasteiger partial charge on any atom is -0.484 e. The molecule has 0 atom stereocenters. The lowest BCUT2D eigenvalue weighted by atomic mass is 10.1. The zero-order chi connectivity index (χ0) is 19.5. The number of hydrogen-bond acceptors (Lipinski definition) is 3. The monoisotopic (exact) mass is 372 g/mol. The van der Waals surface area contributed by atoms with Crippen LogP contribution in [-0.2, 0) is 17.8 Å². The molecule has 27 heavy (non-hydrogen) atoms. The number of halogens is 1. The van der Waals surface area contributed by atoms with E-state index >= 15 is 0 Å². The Labute approximate surface area is 158 Å². The minimum absolute atomic E-state index is 0.128. The minimum atomic E-state index is -0.501. The number of aliphatic imine (C=N–C) groups is 1. The van der Waals surface area contributed by atoms with Crippen LogP contribution in [0.4, 0.5) is 4.39 Å². The van der Waals surface area contributed by atoms with Gasteiger partial charge in [-0.3, -0.25) is 4.79 Å². The summed E-state index contributed by atoms with van der Waals surface area (Å²) in [5, 5.41) is 6.47. The first-order valence-corrected chi connectivity index (χ1v) is 8.83. The van der Waals surface area contributed by atoms with Gasteiger partial charge in [-0.15, -0.1) is 0 Å². The van der Waals surface area contributed by atoms with Crippen LogP contribution in [0.2, 0.25) is 0 Å². The predicted octanol–water partition coefficient (Wildman–Crippen LogP) is 1.99. The number of guanidine groups is 1. The smallest absolute Gasteiger partial charge is 0.255 e. The molecule has 6 nitrogen and oxygen atoms in total. The number of carbonyl (C=O) groups is 1. The van der Waals surface area contributed by atoms with Crippen molar-refractivity contribution >= 4 is 11.9 Å². The van der Waals surface area contributed by atoms with E-state index in [0.717, 1.165) is 24.1 Å². The maximum absolute atomic E-state index is 12.9. The summed E-state index contributed by atoms with van der Waals surface area (Å²) in [6.07, 6.45) is 0.803. The Hall–Kier alpha value is -3.09. The van der Waals surface area contributed by atoms with Gasteiger partial charge in [0.05, 0.1) is 6.54 Å². The van der Waals surface area contributed by atoms with Crippen LogP contribution in [0.3, 0.4) is 0 Å². The molecular weight excluding hydrogens is 347 g/mol. The highest BCUT2D eigenvalue weighted by atomic mass is 19.1. The summed E-state index contributed by atoms with van der Waals surface area (Å²) in [6, 6.07) is 13.8. The van der Waals surface area contributed by atoms with Crippen LogP contribution < -0.4 is 21.1 Å². The van der Waals surface area contributed by atoms with Crippen molar-refractivity contribution < 1.29 is 13.9 Å². The molecule has 0 aliphatic heterocycles. The third-order valence-electron chi connectivity index (χ3n) is 3.69. The second kappa shape index (κ2) is 10.8. The molecule has 0 saturated heterocycles. The van der Waals surface area contributed by atoms with Crippen molar-refractivity contribution in [3.63, 3.8) is 0 Å². The predicted molar refractivity (Wildman–Crippen MR) is 104 cm³/mol. The van der Waals surface area contributed by atoms with Gasteiger partial charge in [0.15, 0.2) is 12.6 Å². The summed E-state index contributed by atoms with van der Waals surface area (Å²) in [4.78, 5) is 15.2. The van der Waals surface area contributed by atoms with E-state index in [1.54, 1.807) is 12.1 Å². The van der Waals surface area contributed by atoms with E-state index in [9.17, 15) is 9.18 Å². The first-order chi connectivity index (χ1) is 13.1. The molecule has 0 aliphatic carbocycles. The van der Waals surface area contributed by atoms with Crippen LogP contribution in [0, 0.1) is 5.82 Å². The number of carbonyl (C=O) groups excluding carboxylic acids is 1. The number of primary amides is 1. The van der Waals surface area contributed by atoms with Gasteiger partial charge in [0.2, 0.25) is 0 Å². The maximum atomic E-state index is 12.9.